The van der Waals surface area contributed by atoms with E-state index in [1.54, 1.807) is 0 Å². The van der Waals surface area contributed by atoms with Gasteiger partial charge in [-0.3, -0.25) is 4.90 Å². The maximum atomic E-state index is 5.39. The van der Waals surface area contributed by atoms with Crippen LogP contribution < -0.4 is 0 Å². The van der Waals surface area contributed by atoms with E-state index in [1.807, 2.05) is 18.3 Å². The molecule has 0 amide bonds. The molecule has 0 spiro atoms. The number of nitrogens with one attached hydrogen (secondary N) is 1. The summed E-state index contributed by atoms with van der Waals surface area (Å²) < 4.78 is 2.84. The SMILES string of the molecule is CC(C)N(CCn1c(=S)[nH]c2cccnc21)C(C)C. The first-order valence-corrected chi connectivity index (χ1v) is 7.20. The molecule has 2 aromatic heterocycles. The number of fused-ring (bicyclic) bond motifs is 1. The molecule has 2 rings (SSSR count). The Bertz CT molecular complexity index is 589. The number of hydrogen-bond acceptors (Lipinski definition) is 3. The molecule has 0 aromatic carbocycles. The molecule has 19 heavy (non-hydrogen) atoms. The van der Waals surface area contributed by atoms with E-state index in [-0.39, 0.29) is 0 Å². The average molecular weight is 278 g/mol. The van der Waals surface area contributed by atoms with Crippen LogP contribution in [0.15, 0.2) is 18.3 Å². The van der Waals surface area contributed by atoms with Gasteiger partial charge < -0.3 is 9.55 Å². The fourth-order valence-corrected chi connectivity index (χ4v) is 2.81. The molecule has 0 unspecified atom stereocenters. The molecule has 0 bridgehead atoms. The van der Waals surface area contributed by atoms with Crippen molar-refractivity contribution in [3.8, 4) is 0 Å². The molecule has 2 heterocycles. The van der Waals surface area contributed by atoms with Crippen LogP contribution in [0.3, 0.4) is 0 Å². The highest BCUT2D eigenvalue weighted by atomic mass is 32.1. The Balaban J connectivity index is 2.22. The van der Waals surface area contributed by atoms with Gasteiger partial charge in [0.25, 0.3) is 0 Å². The highest BCUT2D eigenvalue weighted by Crippen LogP contribution is 2.12. The first kappa shape index (κ1) is 14.2. The Hall–Kier alpha value is -1.20. The maximum Gasteiger partial charge on any atom is 0.179 e. The number of aromatic nitrogens is 3. The molecule has 0 atom stereocenters. The number of nitrogens with zero attached hydrogens (tertiary/aromatic N) is 3. The minimum Gasteiger partial charge on any atom is -0.329 e. The number of imidazole rings is 1. The van der Waals surface area contributed by atoms with Crippen molar-refractivity contribution in [1.29, 1.82) is 0 Å². The van der Waals surface area contributed by atoms with Crippen LogP contribution in [-0.4, -0.2) is 38.1 Å². The van der Waals surface area contributed by atoms with E-state index >= 15 is 0 Å². The van der Waals surface area contributed by atoms with Crippen molar-refractivity contribution in [1.82, 2.24) is 19.4 Å². The third-order valence-corrected chi connectivity index (χ3v) is 3.76. The number of H-pyrrole nitrogens is 1. The predicted octanol–water partition coefficient (Wildman–Crippen LogP) is 3.21. The summed E-state index contributed by atoms with van der Waals surface area (Å²) in [4.78, 5) is 10.1. The molecule has 0 radical (unpaired) electrons. The van der Waals surface area contributed by atoms with Crippen LogP contribution in [0.2, 0.25) is 0 Å². The molecule has 4 nitrogen and oxygen atoms in total. The normalized spacial score (nSPS) is 12.2. The molecule has 0 aliphatic carbocycles. The lowest BCUT2D eigenvalue weighted by molar-refractivity contribution is 0.168. The number of aromatic amines is 1. The van der Waals surface area contributed by atoms with Gasteiger partial charge in [-0.2, -0.15) is 0 Å². The molecular weight excluding hydrogens is 256 g/mol. The topological polar surface area (TPSA) is 36.9 Å². The molecule has 104 valence electrons. The third kappa shape index (κ3) is 3.04. The Morgan fingerprint density at radius 3 is 2.63 bits per heavy atom. The van der Waals surface area contributed by atoms with Gasteiger partial charge in [0.15, 0.2) is 10.4 Å². The van der Waals surface area contributed by atoms with Gasteiger partial charge in [-0.25, -0.2) is 4.98 Å². The molecular formula is C14H22N4S. The monoisotopic (exact) mass is 278 g/mol. The fraction of sp³-hybridized carbons (Fsp3) is 0.571. The van der Waals surface area contributed by atoms with Crippen LogP contribution in [0, 0.1) is 4.77 Å². The minimum absolute atomic E-state index is 0.535. The van der Waals surface area contributed by atoms with Crippen molar-refractivity contribution in [2.45, 2.75) is 46.3 Å². The second-order valence-electron chi connectivity index (χ2n) is 5.38. The third-order valence-electron chi connectivity index (χ3n) is 3.44. The van der Waals surface area contributed by atoms with Gasteiger partial charge in [-0.15, -0.1) is 0 Å². The highest BCUT2D eigenvalue weighted by molar-refractivity contribution is 7.71. The largest absolute Gasteiger partial charge is 0.329 e. The van der Waals surface area contributed by atoms with Gasteiger partial charge in [0.2, 0.25) is 0 Å². The lowest BCUT2D eigenvalue weighted by Gasteiger charge is -2.30. The van der Waals surface area contributed by atoms with Crippen molar-refractivity contribution in [2.75, 3.05) is 6.54 Å². The number of hydrogen-bond donors (Lipinski definition) is 1. The van der Waals surface area contributed by atoms with E-state index in [2.05, 4.69) is 47.1 Å². The Kier molecular flexibility index (Phi) is 4.37. The molecule has 5 heteroatoms. The average Bonchev–Trinajstić information content (AvgIpc) is 2.65. The predicted molar refractivity (Wildman–Crippen MR) is 81.9 cm³/mol. The van der Waals surface area contributed by atoms with Crippen molar-refractivity contribution < 1.29 is 0 Å². The second kappa shape index (κ2) is 5.84. The first-order valence-electron chi connectivity index (χ1n) is 6.80. The smallest absolute Gasteiger partial charge is 0.179 e. The highest BCUT2D eigenvalue weighted by Gasteiger charge is 2.14. The zero-order valence-electron chi connectivity index (χ0n) is 12.1. The molecule has 0 fully saturated rings. The van der Waals surface area contributed by atoms with Crippen molar-refractivity contribution in [3.63, 3.8) is 0 Å². The van der Waals surface area contributed by atoms with Gasteiger partial charge in [-0.1, -0.05) is 0 Å². The van der Waals surface area contributed by atoms with Gasteiger partial charge in [0.1, 0.15) is 0 Å². The summed E-state index contributed by atoms with van der Waals surface area (Å²) in [5.74, 6) is 0. The van der Waals surface area contributed by atoms with E-state index in [9.17, 15) is 0 Å². The van der Waals surface area contributed by atoms with Crippen LogP contribution in [0.4, 0.5) is 0 Å². The van der Waals surface area contributed by atoms with Gasteiger partial charge in [-0.05, 0) is 52.0 Å². The minimum atomic E-state index is 0.535. The first-order chi connectivity index (χ1) is 9.00. The van der Waals surface area contributed by atoms with Gasteiger partial charge in [0.05, 0.1) is 5.52 Å². The Labute approximate surface area is 119 Å². The van der Waals surface area contributed by atoms with Crippen LogP contribution in [-0.2, 0) is 6.54 Å². The molecule has 1 N–H and O–H groups in total. The zero-order valence-corrected chi connectivity index (χ0v) is 12.9. The maximum absolute atomic E-state index is 5.39. The summed E-state index contributed by atoms with van der Waals surface area (Å²) in [5.41, 5.74) is 1.95. The molecule has 0 saturated carbocycles. The van der Waals surface area contributed by atoms with E-state index in [1.165, 1.54) is 0 Å². The van der Waals surface area contributed by atoms with E-state index in [0.717, 1.165) is 29.0 Å². The van der Waals surface area contributed by atoms with E-state index in [0.29, 0.717) is 12.1 Å². The number of pyridine rings is 1. The summed E-state index contributed by atoms with van der Waals surface area (Å²) in [5, 5.41) is 0. The van der Waals surface area contributed by atoms with Crippen LogP contribution in [0.1, 0.15) is 27.7 Å². The molecule has 0 aliphatic heterocycles. The number of rotatable bonds is 5. The summed E-state index contributed by atoms with van der Waals surface area (Å²) in [7, 11) is 0. The summed E-state index contributed by atoms with van der Waals surface area (Å²) >= 11 is 5.39. The fourth-order valence-electron chi connectivity index (χ4n) is 2.52. The molecule has 0 aliphatic rings. The summed E-state index contributed by atoms with van der Waals surface area (Å²) in [6, 6.07) is 5.00. The summed E-state index contributed by atoms with van der Waals surface area (Å²) in [6.45, 7) is 10.8. The van der Waals surface area contributed by atoms with Gasteiger partial charge >= 0.3 is 0 Å². The second-order valence-corrected chi connectivity index (χ2v) is 5.77. The van der Waals surface area contributed by atoms with Crippen LogP contribution in [0.5, 0.6) is 0 Å². The van der Waals surface area contributed by atoms with Crippen LogP contribution >= 0.6 is 12.2 Å². The standard InChI is InChI=1S/C14H22N4S/c1-10(2)17(11(3)4)8-9-18-13-12(16-14(18)19)6-5-7-15-13/h5-7,10-11H,8-9H2,1-4H3,(H,16,19). The van der Waals surface area contributed by atoms with E-state index < -0.39 is 0 Å². The lowest BCUT2D eigenvalue weighted by Crippen LogP contribution is -2.39. The van der Waals surface area contributed by atoms with Gasteiger partial charge in [0, 0.05) is 31.4 Å². The quantitative estimate of drug-likeness (QED) is 0.853. The zero-order chi connectivity index (χ0) is 14.0. The van der Waals surface area contributed by atoms with E-state index in [4.69, 9.17) is 12.2 Å². The Morgan fingerprint density at radius 1 is 1.32 bits per heavy atom. The summed E-state index contributed by atoms with van der Waals surface area (Å²) in [6.07, 6.45) is 1.81. The van der Waals surface area contributed by atoms with Crippen molar-refractivity contribution >= 4 is 23.4 Å². The van der Waals surface area contributed by atoms with Crippen molar-refractivity contribution in [2.24, 2.45) is 0 Å². The lowest BCUT2D eigenvalue weighted by atomic mass is 10.2. The Morgan fingerprint density at radius 2 is 2.00 bits per heavy atom. The van der Waals surface area contributed by atoms with Crippen molar-refractivity contribution in [3.05, 3.63) is 23.1 Å². The van der Waals surface area contributed by atoms with Crippen LogP contribution in [0.25, 0.3) is 11.2 Å². The molecule has 0 saturated heterocycles. The molecule has 2 aromatic rings.